The highest BCUT2D eigenvalue weighted by Gasteiger charge is 2.23. The molecule has 1 fully saturated rings. The number of carbonyl (C=O) groups is 3. The lowest BCUT2D eigenvalue weighted by Gasteiger charge is -2.32. The zero-order valence-corrected chi connectivity index (χ0v) is 12.7. The van der Waals surface area contributed by atoms with E-state index < -0.39 is 0 Å². The Morgan fingerprint density at radius 2 is 1.80 bits per heavy atom. The number of alkyl halides is 1. The van der Waals surface area contributed by atoms with E-state index in [-0.39, 0.29) is 30.1 Å². The number of likely N-dealkylation sites (tertiary alicyclic amines) is 1. The van der Waals surface area contributed by atoms with Crippen molar-refractivity contribution in [3.05, 3.63) is 0 Å². The Labute approximate surface area is 125 Å². The Bertz CT molecular complexity index is 352. The molecule has 0 aromatic carbocycles. The van der Waals surface area contributed by atoms with Gasteiger partial charge in [-0.05, 0) is 26.2 Å². The number of ketones is 1. The molecular weight excluding hydrogens is 280 g/mol. The van der Waals surface area contributed by atoms with E-state index in [4.69, 9.17) is 11.6 Å². The van der Waals surface area contributed by atoms with Crippen LogP contribution in [-0.4, -0.2) is 47.5 Å². The summed E-state index contributed by atoms with van der Waals surface area (Å²) < 4.78 is 0. The number of piperidine rings is 1. The highest BCUT2D eigenvalue weighted by atomic mass is 35.5. The summed E-state index contributed by atoms with van der Waals surface area (Å²) in [6.45, 7) is 2.84. The quantitative estimate of drug-likeness (QED) is 0.724. The molecule has 0 radical (unpaired) electrons. The second kappa shape index (κ2) is 8.95. The van der Waals surface area contributed by atoms with Gasteiger partial charge in [0.2, 0.25) is 11.8 Å². The fourth-order valence-corrected chi connectivity index (χ4v) is 2.37. The summed E-state index contributed by atoms with van der Waals surface area (Å²) in [6, 6.07) is 0.117. The summed E-state index contributed by atoms with van der Waals surface area (Å²) in [5, 5.41) is 2.93. The van der Waals surface area contributed by atoms with Crippen LogP contribution in [0.1, 0.15) is 45.4 Å². The summed E-state index contributed by atoms with van der Waals surface area (Å²) in [4.78, 5) is 36.1. The van der Waals surface area contributed by atoms with Crippen LogP contribution in [0, 0.1) is 0 Å². The topological polar surface area (TPSA) is 66.5 Å². The van der Waals surface area contributed by atoms with Crippen molar-refractivity contribution in [1.82, 2.24) is 10.2 Å². The number of Topliss-reactive ketones (excluding diaryl/α,β-unsaturated/α-hetero) is 1. The molecule has 1 rings (SSSR count). The summed E-state index contributed by atoms with van der Waals surface area (Å²) in [5.41, 5.74) is 0. The van der Waals surface area contributed by atoms with Gasteiger partial charge < -0.3 is 15.0 Å². The van der Waals surface area contributed by atoms with Crippen LogP contribution in [0.15, 0.2) is 0 Å². The van der Waals surface area contributed by atoms with Gasteiger partial charge in [-0.15, -0.1) is 11.6 Å². The number of nitrogens with one attached hydrogen (secondary N) is 1. The lowest BCUT2D eigenvalue weighted by atomic mass is 10.0. The van der Waals surface area contributed by atoms with Crippen molar-refractivity contribution >= 4 is 29.2 Å². The predicted octanol–water partition coefficient (Wildman–Crippen LogP) is 1.48. The van der Waals surface area contributed by atoms with Crippen LogP contribution < -0.4 is 5.32 Å². The third-order valence-electron chi connectivity index (χ3n) is 3.44. The lowest BCUT2D eigenvalue weighted by molar-refractivity contribution is -0.132. The first-order valence-corrected chi connectivity index (χ1v) is 7.69. The Morgan fingerprint density at radius 3 is 2.35 bits per heavy atom. The SMILES string of the molecule is CC(=O)CCC(=O)NC1CCN(C(=O)CCCCl)CC1. The molecule has 0 aromatic heterocycles. The molecule has 114 valence electrons. The second-order valence-corrected chi connectivity index (χ2v) is 5.60. The van der Waals surface area contributed by atoms with Gasteiger partial charge in [0.1, 0.15) is 5.78 Å². The summed E-state index contributed by atoms with van der Waals surface area (Å²) in [7, 11) is 0. The van der Waals surface area contributed by atoms with Crippen molar-refractivity contribution in [2.45, 2.75) is 51.5 Å². The van der Waals surface area contributed by atoms with Gasteiger partial charge in [-0.25, -0.2) is 0 Å². The number of hydrogen-bond acceptors (Lipinski definition) is 3. The zero-order valence-electron chi connectivity index (χ0n) is 12.0. The third-order valence-corrected chi connectivity index (χ3v) is 3.71. The Hall–Kier alpha value is -1.10. The van der Waals surface area contributed by atoms with Gasteiger partial charge in [-0.3, -0.25) is 9.59 Å². The molecule has 5 nitrogen and oxygen atoms in total. The van der Waals surface area contributed by atoms with Crippen LogP contribution in [0.4, 0.5) is 0 Å². The van der Waals surface area contributed by atoms with Gasteiger partial charge in [0.05, 0.1) is 0 Å². The Morgan fingerprint density at radius 1 is 1.15 bits per heavy atom. The van der Waals surface area contributed by atoms with E-state index in [1.54, 1.807) is 0 Å². The summed E-state index contributed by atoms with van der Waals surface area (Å²) in [6.07, 6.45) is 3.31. The molecule has 1 saturated heterocycles. The minimum absolute atomic E-state index is 0.0276. The van der Waals surface area contributed by atoms with Crippen LogP contribution in [0.2, 0.25) is 0 Å². The monoisotopic (exact) mass is 302 g/mol. The van der Waals surface area contributed by atoms with E-state index in [9.17, 15) is 14.4 Å². The van der Waals surface area contributed by atoms with E-state index in [2.05, 4.69) is 5.32 Å². The van der Waals surface area contributed by atoms with Gasteiger partial charge >= 0.3 is 0 Å². The molecule has 1 aliphatic rings. The smallest absolute Gasteiger partial charge is 0.222 e. The molecule has 6 heteroatoms. The fourth-order valence-electron chi connectivity index (χ4n) is 2.24. The standard InChI is InChI=1S/C14H23ClN2O3/c1-11(18)4-5-13(19)16-12-6-9-17(10-7-12)14(20)3-2-8-15/h12H,2-10H2,1H3,(H,16,19). The Balaban J connectivity index is 2.23. The van der Waals surface area contributed by atoms with Crippen molar-refractivity contribution in [3.63, 3.8) is 0 Å². The molecule has 20 heavy (non-hydrogen) atoms. The highest BCUT2D eigenvalue weighted by Crippen LogP contribution is 2.12. The Kier molecular flexibility index (Phi) is 7.59. The highest BCUT2D eigenvalue weighted by molar-refractivity contribution is 6.17. The molecule has 0 unspecified atom stereocenters. The molecular formula is C14H23ClN2O3. The number of hydrogen-bond donors (Lipinski definition) is 1. The maximum absolute atomic E-state index is 11.8. The molecule has 0 bridgehead atoms. The minimum Gasteiger partial charge on any atom is -0.353 e. The number of halogens is 1. The van der Waals surface area contributed by atoms with Crippen molar-refractivity contribution in [2.75, 3.05) is 19.0 Å². The molecule has 2 amide bonds. The number of nitrogens with zero attached hydrogens (tertiary/aromatic N) is 1. The van der Waals surface area contributed by atoms with Crippen LogP contribution in [0.25, 0.3) is 0 Å². The average Bonchev–Trinajstić information content (AvgIpc) is 2.43. The van der Waals surface area contributed by atoms with Crippen LogP contribution in [-0.2, 0) is 14.4 Å². The molecule has 1 aliphatic heterocycles. The van der Waals surface area contributed by atoms with Gasteiger partial charge in [-0.1, -0.05) is 0 Å². The van der Waals surface area contributed by atoms with Gasteiger partial charge in [0.25, 0.3) is 0 Å². The van der Waals surface area contributed by atoms with Gasteiger partial charge in [0, 0.05) is 44.3 Å². The average molecular weight is 303 g/mol. The van der Waals surface area contributed by atoms with Gasteiger partial charge in [-0.2, -0.15) is 0 Å². The first-order valence-electron chi connectivity index (χ1n) is 7.15. The molecule has 0 aliphatic carbocycles. The lowest BCUT2D eigenvalue weighted by Crippen LogP contribution is -2.46. The number of carbonyl (C=O) groups excluding carboxylic acids is 3. The van der Waals surface area contributed by atoms with Crippen LogP contribution in [0.5, 0.6) is 0 Å². The van der Waals surface area contributed by atoms with Crippen molar-refractivity contribution in [3.8, 4) is 0 Å². The van der Waals surface area contributed by atoms with E-state index >= 15 is 0 Å². The molecule has 0 saturated carbocycles. The largest absolute Gasteiger partial charge is 0.353 e. The van der Waals surface area contributed by atoms with Crippen LogP contribution in [0.3, 0.4) is 0 Å². The van der Waals surface area contributed by atoms with E-state index in [1.165, 1.54) is 6.92 Å². The maximum Gasteiger partial charge on any atom is 0.222 e. The third kappa shape index (κ3) is 6.37. The van der Waals surface area contributed by atoms with Crippen molar-refractivity contribution in [1.29, 1.82) is 0 Å². The molecule has 1 heterocycles. The number of rotatable bonds is 7. The summed E-state index contributed by atoms with van der Waals surface area (Å²) in [5.74, 6) is 0.605. The normalized spacial score (nSPS) is 16.0. The maximum atomic E-state index is 11.8. The van der Waals surface area contributed by atoms with E-state index in [0.717, 1.165) is 12.8 Å². The minimum atomic E-state index is -0.0767. The molecule has 0 spiro atoms. The van der Waals surface area contributed by atoms with Crippen molar-refractivity contribution in [2.24, 2.45) is 0 Å². The van der Waals surface area contributed by atoms with Gasteiger partial charge in [0.15, 0.2) is 0 Å². The van der Waals surface area contributed by atoms with E-state index in [0.29, 0.717) is 38.2 Å². The molecule has 0 aromatic rings. The fraction of sp³-hybridized carbons (Fsp3) is 0.786. The first kappa shape index (κ1) is 17.0. The molecule has 1 N–H and O–H groups in total. The van der Waals surface area contributed by atoms with Crippen LogP contribution >= 0.6 is 11.6 Å². The molecule has 0 atom stereocenters. The second-order valence-electron chi connectivity index (χ2n) is 5.22. The zero-order chi connectivity index (χ0) is 15.0. The van der Waals surface area contributed by atoms with Crippen molar-refractivity contribution < 1.29 is 14.4 Å². The van der Waals surface area contributed by atoms with E-state index in [1.807, 2.05) is 4.90 Å². The number of amides is 2. The first-order chi connectivity index (χ1) is 9.52. The predicted molar refractivity (Wildman–Crippen MR) is 77.6 cm³/mol. The summed E-state index contributed by atoms with van der Waals surface area (Å²) >= 11 is 5.57.